The zero-order valence-corrected chi connectivity index (χ0v) is 7.06. The van der Waals surface area contributed by atoms with Crippen LogP contribution in [0, 0.1) is 0 Å². The van der Waals surface area contributed by atoms with Crippen molar-refractivity contribution in [2.75, 3.05) is 6.54 Å². The molecule has 0 fully saturated rings. The molecule has 92 valence electrons. The Balaban J connectivity index is 5.78. The van der Waals surface area contributed by atoms with Crippen LogP contribution in [-0.4, -0.2) is 29.9 Å². The number of rotatable bonds is 1. The van der Waals surface area contributed by atoms with E-state index >= 15 is 0 Å². The first-order valence-electron chi connectivity index (χ1n) is 3.39. The van der Waals surface area contributed by atoms with Gasteiger partial charge in [-0.15, -0.1) is 39.5 Å². The van der Waals surface area contributed by atoms with Crippen molar-refractivity contribution in [2.24, 2.45) is 0 Å². The first kappa shape index (κ1) is 14.3. The Hall–Kier alpha value is -0.670. The third kappa shape index (κ3) is 1.99. The van der Waals surface area contributed by atoms with Gasteiger partial charge in [-0.2, -0.15) is 0 Å². The molecule has 0 atom stereocenters. The molecule has 15 heavy (non-hydrogen) atoms. The molecule has 0 aromatic rings. The molecule has 0 aliphatic heterocycles. The molecule has 0 unspecified atom stereocenters. The smallest absolute Gasteiger partial charge is 0.115 e. The van der Waals surface area contributed by atoms with Crippen molar-refractivity contribution in [2.45, 2.75) is 25.8 Å². The molecule has 0 saturated carbocycles. The second-order valence-corrected chi connectivity index (χ2v) is 2.53. The molecule has 0 saturated heterocycles. The van der Waals surface area contributed by atoms with Gasteiger partial charge in [-0.3, -0.25) is 0 Å². The number of nitrogens with zero attached hydrogens (tertiary/aromatic N) is 1. The van der Waals surface area contributed by atoms with Gasteiger partial charge in [0.2, 0.25) is 0 Å². The lowest BCUT2D eigenvalue weighted by atomic mass is 10.4. The van der Waals surface area contributed by atoms with Gasteiger partial charge < -0.3 is 0 Å². The van der Waals surface area contributed by atoms with Crippen LogP contribution in [0.25, 0.3) is 0 Å². The van der Waals surface area contributed by atoms with E-state index in [1.54, 1.807) is 0 Å². The highest BCUT2D eigenvalue weighted by Gasteiger charge is 2.83. The van der Waals surface area contributed by atoms with Gasteiger partial charge in [0.1, 0.15) is 6.54 Å². The Morgan fingerprint density at radius 2 is 0.867 bits per heavy atom. The fourth-order valence-electron chi connectivity index (χ4n) is 0.969. The van der Waals surface area contributed by atoms with Gasteiger partial charge in [0.15, 0.2) is 0 Å². The van der Waals surface area contributed by atoms with E-state index < -0.39 is 29.9 Å². The summed E-state index contributed by atoms with van der Waals surface area (Å²) >= 11 is 0. The minimum absolute atomic E-state index is 0.161. The Morgan fingerprint density at radius 3 is 0.867 bits per heavy atom. The summed E-state index contributed by atoms with van der Waals surface area (Å²) in [5.41, 5.74) is 0. The Kier molecular flexibility index (Phi) is 3.27. The lowest BCUT2D eigenvalue weighted by molar-refractivity contribution is -1.17. The third-order valence-electron chi connectivity index (χ3n) is 1.77. The summed E-state index contributed by atoms with van der Waals surface area (Å²) in [6.07, 6.45) is -19.4. The highest BCUT2D eigenvalue weighted by atomic mass is 19.4. The van der Waals surface area contributed by atoms with Crippen LogP contribution in [0.1, 0.15) is 6.92 Å². The normalized spacial score (nSPS) is 15.6. The largest absolute Gasteiger partial charge is 0.576 e. The van der Waals surface area contributed by atoms with Crippen molar-refractivity contribution < 1.29 is 44.0 Å². The van der Waals surface area contributed by atoms with Crippen molar-refractivity contribution in [1.29, 1.82) is 0 Å². The molecular weight excluding hydrogens is 245 g/mol. The summed E-state index contributed by atoms with van der Waals surface area (Å²) < 4.78 is 102. The summed E-state index contributed by atoms with van der Waals surface area (Å²) in [6, 6.07) is 0. The Bertz CT molecular complexity index is 184. The zero-order valence-electron chi connectivity index (χ0n) is 7.06. The lowest BCUT2D eigenvalue weighted by Crippen LogP contribution is -2.72. The van der Waals surface area contributed by atoms with Crippen LogP contribution in [-0.2, 0) is 0 Å². The predicted octanol–water partition coefficient (Wildman–Crippen LogP) is 3.38. The van der Waals surface area contributed by atoms with E-state index in [0.29, 0.717) is 0 Å². The third-order valence-corrected chi connectivity index (χ3v) is 1.77. The first-order chi connectivity index (χ1) is 6.31. The summed E-state index contributed by atoms with van der Waals surface area (Å²) in [4.78, 5) is 0. The quantitative estimate of drug-likeness (QED) is 0.380. The van der Waals surface area contributed by atoms with Crippen LogP contribution < -0.4 is 0 Å². The zero-order chi connectivity index (χ0) is 12.7. The summed E-state index contributed by atoms with van der Waals surface area (Å²) in [6.45, 7) is -2.04. The van der Waals surface area contributed by atoms with E-state index in [1.807, 2.05) is 0 Å². The van der Waals surface area contributed by atoms with E-state index in [9.17, 15) is 39.5 Å². The van der Waals surface area contributed by atoms with Gasteiger partial charge in [0, 0.05) is 0 Å². The fraction of sp³-hybridized carbons (Fsp3) is 1.00. The summed E-state index contributed by atoms with van der Waals surface area (Å²) in [5.74, 6) is 0. The van der Waals surface area contributed by atoms with E-state index in [0.717, 1.165) is 0 Å². The van der Waals surface area contributed by atoms with E-state index in [2.05, 4.69) is 0 Å². The molecule has 0 spiro atoms. The van der Waals surface area contributed by atoms with Crippen molar-refractivity contribution in [3.8, 4) is 0 Å². The molecular formula is C5H5F9N+. The van der Waals surface area contributed by atoms with Gasteiger partial charge in [0.05, 0.1) is 0 Å². The average molecular weight is 250 g/mol. The topological polar surface area (TPSA) is 0 Å². The van der Waals surface area contributed by atoms with Crippen LogP contribution in [0.2, 0.25) is 0 Å². The maximum Gasteiger partial charge on any atom is 0.576 e. The number of hydrogen-bond acceptors (Lipinski definition) is 0. The lowest BCUT2D eigenvalue weighted by Gasteiger charge is -2.38. The van der Waals surface area contributed by atoms with Crippen LogP contribution in [0.4, 0.5) is 39.5 Å². The minimum atomic E-state index is -6.48. The average Bonchev–Trinajstić information content (AvgIpc) is 1.76. The van der Waals surface area contributed by atoms with Gasteiger partial charge in [-0.1, -0.05) is 0 Å². The maximum atomic E-state index is 11.9. The van der Waals surface area contributed by atoms with Crippen molar-refractivity contribution in [1.82, 2.24) is 0 Å². The number of alkyl halides is 9. The monoisotopic (exact) mass is 250 g/mol. The van der Waals surface area contributed by atoms with Crippen molar-refractivity contribution in [3.63, 3.8) is 0 Å². The molecule has 0 aliphatic rings. The van der Waals surface area contributed by atoms with E-state index in [1.165, 1.54) is 0 Å². The van der Waals surface area contributed by atoms with Gasteiger partial charge in [-0.25, -0.2) is 0 Å². The number of halogens is 9. The van der Waals surface area contributed by atoms with Crippen LogP contribution >= 0.6 is 0 Å². The Morgan fingerprint density at radius 1 is 0.667 bits per heavy atom. The van der Waals surface area contributed by atoms with Crippen LogP contribution in [0.15, 0.2) is 0 Å². The summed E-state index contributed by atoms with van der Waals surface area (Å²) in [5, 5.41) is 0. The molecule has 0 amide bonds. The van der Waals surface area contributed by atoms with E-state index in [4.69, 9.17) is 0 Å². The maximum absolute atomic E-state index is 11.9. The summed E-state index contributed by atoms with van der Waals surface area (Å²) in [7, 11) is 0. The van der Waals surface area contributed by atoms with Crippen molar-refractivity contribution >= 4 is 0 Å². The standard InChI is InChI=1S/C5H5F9N/c1-2-15(3(6,7)8,4(9,10)11)5(12,13)14/h2H2,1H3/q+1. The van der Waals surface area contributed by atoms with E-state index in [-0.39, 0.29) is 6.92 Å². The molecule has 0 aromatic heterocycles. The highest BCUT2D eigenvalue weighted by Crippen LogP contribution is 2.50. The molecule has 0 radical (unpaired) electrons. The van der Waals surface area contributed by atoms with Crippen molar-refractivity contribution in [3.05, 3.63) is 0 Å². The molecule has 0 heterocycles. The molecule has 0 N–H and O–H groups in total. The number of quaternary nitrogens is 1. The number of hydrogen-bond donors (Lipinski definition) is 0. The Labute approximate surface area is 77.7 Å². The molecule has 0 aromatic carbocycles. The van der Waals surface area contributed by atoms with Crippen LogP contribution in [0.3, 0.4) is 0 Å². The van der Waals surface area contributed by atoms with Gasteiger partial charge >= 0.3 is 18.9 Å². The predicted molar refractivity (Wildman–Crippen MR) is 29.0 cm³/mol. The molecule has 10 heteroatoms. The SMILES string of the molecule is CC[N+](C(F)(F)F)(C(F)(F)F)C(F)(F)F. The molecule has 0 aliphatic carbocycles. The highest BCUT2D eigenvalue weighted by molar-refractivity contribution is 4.50. The molecule has 1 nitrogen and oxygen atoms in total. The molecule has 0 rings (SSSR count). The fourth-order valence-corrected chi connectivity index (χ4v) is 0.969. The van der Waals surface area contributed by atoms with Gasteiger partial charge in [-0.05, 0) is 11.4 Å². The second kappa shape index (κ2) is 3.42. The minimum Gasteiger partial charge on any atom is -0.115 e. The molecule has 0 bridgehead atoms. The first-order valence-corrected chi connectivity index (χ1v) is 3.39. The second-order valence-electron chi connectivity index (χ2n) is 2.53. The van der Waals surface area contributed by atoms with Crippen LogP contribution in [0.5, 0.6) is 0 Å². The van der Waals surface area contributed by atoms with Gasteiger partial charge in [0.25, 0.3) is 0 Å².